The molecule has 2 aliphatic rings. The van der Waals surface area contributed by atoms with E-state index in [2.05, 4.69) is 15.5 Å². The fraction of sp³-hybridized carbons (Fsp3) is 0.652. The van der Waals surface area contributed by atoms with Crippen LogP contribution in [0.4, 0.5) is 4.39 Å². The first kappa shape index (κ1) is 21.8. The maximum absolute atomic E-state index is 13.1. The van der Waals surface area contributed by atoms with Crippen LogP contribution in [0.3, 0.4) is 0 Å². The first-order valence-electron chi connectivity index (χ1n) is 11.0. The molecular weight excluding hydrogens is 369 g/mol. The highest BCUT2D eigenvalue weighted by Gasteiger charge is 2.29. The molecule has 29 heavy (non-hydrogen) atoms. The van der Waals surface area contributed by atoms with Crippen LogP contribution in [-0.2, 0) is 4.79 Å². The molecule has 2 N–H and O–H groups in total. The summed E-state index contributed by atoms with van der Waals surface area (Å²) in [7, 11) is 0. The van der Waals surface area contributed by atoms with E-state index in [0.717, 1.165) is 31.8 Å². The van der Waals surface area contributed by atoms with E-state index in [1.165, 1.54) is 56.5 Å². The Bertz CT molecular complexity index is 678. The molecule has 1 saturated carbocycles. The Morgan fingerprint density at radius 3 is 2.28 bits per heavy atom. The van der Waals surface area contributed by atoms with E-state index in [0.29, 0.717) is 5.56 Å². The minimum Gasteiger partial charge on any atom is -0.351 e. The zero-order chi connectivity index (χ0) is 20.8. The lowest BCUT2D eigenvalue weighted by atomic mass is 9.99. The number of carbonyl (C=O) groups is 2. The van der Waals surface area contributed by atoms with Gasteiger partial charge in [0, 0.05) is 31.2 Å². The zero-order valence-electron chi connectivity index (χ0n) is 17.6. The van der Waals surface area contributed by atoms with Crippen molar-refractivity contribution < 1.29 is 14.0 Å². The molecule has 5 nitrogen and oxygen atoms in total. The number of piperidine rings is 1. The summed E-state index contributed by atoms with van der Waals surface area (Å²) in [5.41, 5.74) is 0.352. The second-order valence-corrected chi connectivity index (χ2v) is 8.94. The average molecular weight is 404 g/mol. The van der Waals surface area contributed by atoms with Gasteiger partial charge in [0.1, 0.15) is 11.9 Å². The number of benzene rings is 1. The SMILES string of the molecule is CC(C)C(NC(=O)c1ccc(F)cc1)C(=O)NC1CCN(CC2CCCC2)CC1. The van der Waals surface area contributed by atoms with Crippen LogP contribution in [-0.4, -0.2) is 48.4 Å². The third-order valence-corrected chi connectivity index (χ3v) is 6.27. The van der Waals surface area contributed by atoms with Gasteiger partial charge in [-0.25, -0.2) is 4.39 Å². The highest BCUT2D eigenvalue weighted by molar-refractivity contribution is 5.97. The second kappa shape index (κ2) is 10.2. The van der Waals surface area contributed by atoms with Gasteiger partial charge in [-0.2, -0.15) is 0 Å². The van der Waals surface area contributed by atoms with Crippen LogP contribution in [0.1, 0.15) is 62.7 Å². The number of nitrogens with zero attached hydrogens (tertiary/aromatic N) is 1. The van der Waals surface area contributed by atoms with Crippen molar-refractivity contribution in [2.75, 3.05) is 19.6 Å². The monoisotopic (exact) mass is 403 g/mol. The number of carbonyl (C=O) groups excluding carboxylic acids is 2. The summed E-state index contributed by atoms with van der Waals surface area (Å²) >= 11 is 0. The van der Waals surface area contributed by atoms with Crippen molar-refractivity contribution in [1.29, 1.82) is 0 Å². The van der Waals surface area contributed by atoms with Crippen LogP contribution in [0, 0.1) is 17.7 Å². The molecule has 1 aromatic rings. The van der Waals surface area contributed by atoms with Gasteiger partial charge in [0.05, 0.1) is 0 Å². The Labute approximate surface area is 173 Å². The number of hydrogen-bond acceptors (Lipinski definition) is 3. The lowest BCUT2D eigenvalue weighted by molar-refractivity contribution is -0.125. The van der Waals surface area contributed by atoms with Crippen molar-refractivity contribution in [1.82, 2.24) is 15.5 Å². The van der Waals surface area contributed by atoms with E-state index in [-0.39, 0.29) is 29.6 Å². The number of amides is 2. The molecule has 1 unspecified atom stereocenters. The molecule has 0 bridgehead atoms. The summed E-state index contributed by atoms with van der Waals surface area (Å²) in [6, 6.07) is 4.91. The van der Waals surface area contributed by atoms with Crippen molar-refractivity contribution in [2.45, 2.75) is 64.5 Å². The first-order valence-corrected chi connectivity index (χ1v) is 11.0. The molecule has 1 saturated heterocycles. The molecule has 3 rings (SSSR count). The van der Waals surface area contributed by atoms with Gasteiger partial charge in [-0.1, -0.05) is 26.7 Å². The van der Waals surface area contributed by atoms with Crippen molar-refractivity contribution in [2.24, 2.45) is 11.8 Å². The van der Waals surface area contributed by atoms with E-state index in [1.807, 2.05) is 13.8 Å². The third-order valence-electron chi connectivity index (χ3n) is 6.27. The molecule has 1 aliphatic heterocycles. The third kappa shape index (κ3) is 6.26. The highest BCUT2D eigenvalue weighted by atomic mass is 19.1. The molecule has 1 atom stereocenters. The van der Waals surface area contributed by atoms with Gasteiger partial charge >= 0.3 is 0 Å². The topological polar surface area (TPSA) is 61.4 Å². The quantitative estimate of drug-likeness (QED) is 0.734. The van der Waals surface area contributed by atoms with Crippen LogP contribution in [0.25, 0.3) is 0 Å². The van der Waals surface area contributed by atoms with Gasteiger partial charge in [-0.05, 0) is 61.8 Å². The number of hydrogen-bond donors (Lipinski definition) is 2. The van der Waals surface area contributed by atoms with Crippen molar-refractivity contribution >= 4 is 11.8 Å². The summed E-state index contributed by atoms with van der Waals surface area (Å²) < 4.78 is 13.1. The summed E-state index contributed by atoms with van der Waals surface area (Å²) in [5.74, 6) is -0.0658. The van der Waals surface area contributed by atoms with Crippen molar-refractivity contribution in [3.8, 4) is 0 Å². The Hall–Kier alpha value is -1.95. The lowest BCUT2D eigenvalue weighted by Gasteiger charge is -2.34. The van der Waals surface area contributed by atoms with Gasteiger partial charge < -0.3 is 15.5 Å². The van der Waals surface area contributed by atoms with E-state index in [4.69, 9.17) is 0 Å². The Kier molecular flexibility index (Phi) is 7.64. The lowest BCUT2D eigenvalue weighted by Crippen LogP contribution is -2.54. The van der Waals surface area contributed by atoms with Crippen LogP contribution in [0.15, 0.2) is 24.3 Å². The predicted molar refractivity (Wildman–Crippen MR) is 112 cm³/mol. The maximum atomic E-state index is 13.1. The Morgan fingerprint density at radius 1 is 1.07 bits per heavy atom. The largest absolute Gasteiger partial charge is 0.351 e. The van der Waals surface area contributed by atoms with Gasteiger partial charge in [0.2, 0.25) is 5.91 Å². The first-order chi connectivity index (χ1) is 13.9. The van der Waals surface area contributed by atoms with Crippen LogP contribution >= 0.6 is 0 Å². The molecule has 2 fully saturated rings. The van der Waals surface area contributed by atoms with Gasteiger partial charge in [-0.15, -0.1) is 0 Å². The molecule has 0 spiro atoms. The van der Waals surface area contributed by atoms with Crippen LogP contribution in [0.2, 0.25) is 0 Å². The van der Waals surface area contributed by atoms with Gasteiger partial charge in [0.15, 0.2) is 0 Å². The second-order valence-electron chi connectivity index (χ2n) is 8.94. The van der Waals surface area contributed by atoms with Crippen LogP contribution in [0.5, 0.6) is 0 Å². The normalized spacial score (nSPS) is 20.0. The van der Waals surface area contributed by atoms with Crippen LogP contribution < -0.4 is 10.6 Å². The molecule has 1 aromatic carbocycles. The van der Waals surface area contributed by atoms with Crippen molar-refractivity contribution in [3.63, 3.8) is 0 Å². The fourth-order valence-corrected chi connectivity index (χ4v) is 4.47. The van der Waals surface area contributed by atoms with E-state index in [1.54, 1.807) is 0 Å². The summed E-state index contributed by atoms with van der Waals surface area (Å²) in [6.45, 7) is 7.08. The zero-order valence-corrected chi connectivity index (χ0v) is 17.6. The maximum Gasteiger partial charge on any atom is 0.251 e. The van der Waals surface area contributed by atoms with E-state index < -0.39 is 6.04 Å². The van der Waals surface area contributed by atoms with Gasteiger partial charge in [0.25, 0.3) is 5.91 Å². The van der Waals surface area contributed by atoms with Crippen molar-refractivity contribution in [3.05, 3.63) is 35.6 Å². The molecule has 0 aromatic heterocycles. The van der Waals surface area contributed by atoms with E-state index in [9.17, 15) is 14.0 Å². The Balaban J connectivity index is 1.48. The standard InChI is InChI=1S/C23H34FN3O2/c1-16(2)21(26-22(28)18-7-9-19(24)10-8-18)23(29)25-20-11-13-27(14-12-20)15-17-5-3-4-6-17/h7-10,16-17,20-21H,3-6,11-15H2,1-2H3,(H,25,29)(H,26,28). The number of nitrogens with one attached hydrogen (secondary N) is 2. The summed E-state index contributed by atoms with van der Waals surface area (Å²) in [5, 5.41) is 5.95. The molecule has 1 heterocycles. The number of likely N-dealkylation sites (tertiary alicyclic amines) is 1. The molecule has 2 amide bonds. The van der Waals surface area contributed by atoms with E-state index >= 15 is 0 Å². The van der Waals surface area contributed by atoms with Gasteiger partial charge in [-0.3, -0.25) is 9.59 Å². The predicted octanol–water partition coefficient (Wildman–Crippen LogP) is 3.35. The summed E-state index contributed by atoms with van der Waals surface area (Å²) in [4.78, 5) is 27.8. The number of rotatable bonds is 7. The molecule has 160 valence electrons. The number of halogens is 1. The molecule has 1 aliphatic carbocycles. The summed E-state index contributed by atoms with van der Waals surface area (Å²) in [6.07, 6.45) is 7.38. The molecular formula is C23H34FN3O2. The molecule has 0 radical (unpaired) electrons. The Morgan fingerprint density at radius 2 is 1.69 bits per heavy atom. The highest BCUT2D eigenvalue weighted by Crippen LogP contribution is 2.26. The smallest absolute Gasteiger partial charge is 0.251 e. The minimum atomic E-state index is -0.607. The average Bonchev–Trinajstić information content (AvgIpc) is 3.20. The minimum absolute atomic E-state index is 0.0400. The fourth-order valence-electron chi connectivity index (χ4n) is 4.47. The molecule has 6 heteroatoms.